The molecule has 0 heterocycles. The van der Waals surface area contributed by atoms with E-state index in [9.17, 15) is 0 Å². The molecular weight excluding hydrogens is 252 g/mol. The molecule has 0 saturated heterocycles. The summed E-state index contributed by atoms with van der Waals surface area (Å²) in [6.07, 6.45) is 6.39. The summed E-state index contributed by atoms with van der Waals surface area (Å²) in [7, 11) is 0. The summed E-state index contributed by atoms with van der Waals surface area (Å²) in [5, 5.41) is 4.20. The lowest BCUT2D eigenvalue weighted by Crippen LogP contribution is -2.24. The molecule has 2 rings (SSSR count). The fraction of sp³-hybridized carbons (Fsp3) is 0.462. The molecule has 2 nitrogen and oxygen atoms in total. The first-order valence-electron chi connectivity index (χ1n) is 6.02. The highest BCUT2D eigenvalue weighted by Crippen LogP contribution is 2.25. The van der Waals surface area contributed by atoms with Gasteiger partial charge >= 0.3 is 0 Å². The molecule has 0 aromatic heterocycles. The van der Waals surface area contributed by atoms with Gasteiger partial charge in [0.25, 0.3) is 0 Å². The average molecular weight is 269 g/mol. The molecule has 1 aliphatic rings. The first-order valence-corrected chi connectivity index (χ1v) is 6.81. The maximum atomic E-state index is 5.96. The molecule has 0 spiro atoms. The van der Waals surface area contributed by atoms with Gasteiger partial charge in [-0.1, -0.05) is 43.1 Å². The molecule has 0 aliphatic heterocycles. The molecule has 1 aliphatic carbocycles. The first kappa shape index (κ1) is 12.7. The van der Waals surface area contributed by atoms with E-state index in [1.165, 1.54) is 32.1 Å². The predicted molar refractivity (Wildman–Crippen MR) is 77.8 cm³/mol. The van der Waals surface area contributed by atoms with Gasteiger partial charge in [-0.05, 0) is 31.0 Å². The van der Waals surface area contributed by atoms with E-state index in [0.717, 1.165) is 11.3 Å². The number of hydrogen-bond donors (Lipinski definition) is 2. The second kappa shape index (κ2) is 5.69. The van der Waals surface area contributed by atoms with Crippen LogP contribution in [-0.4, -0.2) is 11.0 Å². The van der Waals surface area contributed by atoms with Crippen molar-refractivity contribution in [2.24, 2.45) is 5.73 Å². The number of nitrogens with one attached hydrogen (secondary N) is 1. The summed E-state index contributed by atoms with van der Waals surface area (Å²) in [5.41, 5.74) is 7.57. The Balaban J connectivity index is 2.16. The molecule has 0 atom stereocenters. The zero-order valence-electron chi connectivity index (χ0n) is 9.71. The molecule has 1 aromatic rings. The molecule has 1 saturated carbocycles. The highest BCUT2D eigenvalue weighted by Gasteiger charge is 2.15. The van der Waals surface area contributed by atoms with Crippen molar-refractivity contribution in [1.29, 1.82) is 0 Å². The number of rotatable bonds is 3. The SMILES string of the molecule is NC(=S)c1cc(Cl)ccc1NC1CCCCC1. The van der Waals surface area contributed by atoms with Crippen LogP contribution in [-0.2, 0) is 0 Å². The Morgan fingerprint density at radius 3 is 2.65 bits per heavy atom. The molecular formula is C13H17ClN2S. The fourth-order valence-corrected chi connectivity index (χ4v) is 2.65. The lowest BCUT2D eigenvalue weighted by Gasteiger charge is -2.25. The normalized spacial score (nSPS) is 16.8. The van der Waals surface area contributed by atoms with Gasteiger partial charge in [-0.3, -0.25) is 0 Å². The molecule has 1 fully saturated rings. The van der Waals surface area contributed by atoms with Crippen molar-refractivity contribution in [2.75, 3.05) is 5.32 Å². The molecule has 1 aromatic carbocycles. The second-order valence-corrected chi connectivity index (χ2v) is 5.41. The minimum Gasteiger partial charge on any atom is -0.389 e. The zero-order chi connectivity index (χ0) is 12.3. The monoisotopic (exact) mass is 268 g/mol. The van der Waals surface area contributed by atoms with Gasteiger partial charge in [-0.25, -0.2) is 0 Å². The Morgan fingerprint density at radius 2 is 2.00 bits per heavy atom. The maximum Gasteiger partial charge on any atom is 0.106 e. The van der Waals surface area contributed by atoms with E-state index in [2.05, 4.69) is 5.32 Å². The van der Waals surface area contributed by atoms with Crippen molar-refractivity contribution in [3.63, 3.8) is 0 Å². The summed E-state index contributed by atoms with van der Waals surface area (Å²) in [6.45, 7) is 0. The van der Waals surface area contributed by atoms with Gasteiger partial charge < -0.3 is 11.1 Å². The largest absolute Gasteiger partial charge is 0.389 e. The lowest BCUT2D eigenvalue weighted by molar-refractivity contribution is 0.462. The molecule has 0 unspecified atom stereocenters. The van der Waals surface area contributed by atoms with E-state index in [4.69, 9.17) is 29.6 Å². The summed E-state index contributed by atoms with van der Waals surface area (Å²) in [4.78, 5) is 0.394. The number of anilines is 1. The Labute approximate surface area is 113 Å². The van der Waals surface area contributed by atoms with Crippen LogP contribution in [0.5, 0.6) is 0 Å². The van der Waals surface area contributed by atoms with Crippen LogP contribution in [0.15, 0.2) is 18.2 Å². The van der Waals surface area contributed by atoms with Gasteiger partial charge in [-0.2, -0.15) is 0 Å². The summed E-state index contributed by atoms with van der Waals surface area (Å²) < 4.78 is 0. The zero-order valence-corrected chi connectivity index (χ0v) is 11.3. The van der Waals surface area contributed by atoms with Gasteiger partial charge in [0, 0.05) is 22.3 Å². The van der Waals surface area contributed by atoms with Crippen LogP contribution in [0.25, 0.3) is 0 Å². The van der Waals surface area contributed by atoms with Crippen LogP contribution in [0, 0.1) is 0 Å². The Hall–Kier alpha value is -0.800. The third kappa shape index (κ3) is 3.33. The molecule has 3 N–H and O–H groups in total. The molecule has 0 radical (unpaired) electrons. The van der Waals surface area contributed by atoms with E-state index in [1.807, 2.05) is 18.2 Å². The van der Waals surface area contributed by atoms with Crippen LogP contribution in [0.3, 0.4) is 0 Å². The highest BCUT2D eigenvalue weighted by molar-refractivity contribution is 7.80. The molecule has 92 valence electrons. The van der Waals surface area contributed by atoms with Crippen molar-refractivity contribution >= 4 is 34.5 Å². The third-order valence-electron chi connectivity index (χ3n) is 3.21. The van der Waals surface area contributed by atoms with Crippen LogP contribution in [0.1, 0.15) is 37.7 Å². The van der Waals surface area contributed by atoms with Crippen molar-refractivity contribution in [2.45, 2.75) is 38.1 Å². The number of hydrogen-bond acceptors (Lipinski definition) is 2. The fourth-order valence-electron chi connectivity index (χ4n) is 2.31. The molecule has 17 heavy (non-hydrogen) atoms. The number of halogens is 1. The smallest absolute Gasteiger partial charge is 0.106 e. The third-order valence-corrected chi connectivity index (χ3v) is 3.67. The Morgan fingerprint density at radius 1 is 1.29 bits per heavy atom. The summed E-state index contributed by atoms with van der Waals surface area (Å²) >= 11 is 11.0. The number of thiocarbonyl (C=S) groups is 1. The average Bonchev–Trinajstić information content (AvgIpc) is 2.32. The van der Waals surface area contributed by atoms with Crippen LogP contribution >= 0.6 is 23.8 Å². The standard InChI is InChI=1S/C13H17ClN2S/c14-9-6-7-12(11(8-9)13(15)17)16-10-4-2-1-3-5-10/h6-8,10,16H,1-5H2,(H2,15,17). The minimum absolute atomic E-state index is 0.394. The highest BCUT2D eigenvalue weighted by atomic mass is 35.5. The van der Waals surface area contributed by atoms with Gasteiger partial charge in [-0.15, -0.1) is 0 Å². The van der Waals surface area contributed by atoms with E-state index in [0.29, 0.717) is 16.1 Å². The topological polar surface area (TPSA) is 38.0 Å². The minimum atomic E-state index is 0.394. The van der Waals surface area contributed by atoms with Crippen molar-refractivity contribution < 1.29 is 0 Å². The molecule has 4 heteroatoms. The van der Waals surface area contributed by atoms with Gasteiger partial charge in [0.1, 0.15) is 4.99 Å². The predicted octanol–water partition coefficient (Wildman–Crippen LogP) is 3.72. The van der Waals surface area contributed by atoms with Crippen molar-refractivity contribution in [3.05, 3.63) is 28.8 Å². The Kier molecular flexibility index (Phi) is 4.24. The van der Waals surface area contributed by atoms with E-state index in [1.54, 1.807) is 0 Å². The summed E-state index contributed by atoms with van der Waals surface area (Å²) in [5.74, 6) is 0. The van der Waals surface area contributed by atoms with Gasteiger partial charge in [0.2, 0.25) is 0 Å². The van der Waals surface area contributed by atoms with Crippen LogP contribution < -0.4 is 11.1 Å². The molecule has 0 amide bonds. The van der Waals surface area contributed by atoms with Gasteiger partial charge in [0.05, 0.1) is 0 Å². The first-order chi connectivity index (χ1) is 8.16. The van der Waals surface area contributed by atoms with Crippen LogP contribution in [0.2, 0.25) is 5.02 Å². The van der Waals surface area contributed by atoms with Crippen molar-refractivity contribution in [3.8, 4) is 0 Å². The van der Waals surface area contributed by atoms with Gasteiger partial charge in [0.15, 0.2) is 0 Å². The van der Waals surface area contributed by atoms with E-state index >= 15 is 0 Å². The van der Waals surface area contributed by atoms with Crippen molar-refractivity contribution in [1.82, 2.24) is 0 Å². The number of nitrogens with two attached hydrogens (primary N) is 1. The summed E-state index contributed by atoms with van der Waals surface area (Å²) in [6, 6.07) is 6.20. The van der Waals surface area contributed by atoms with E-state index < -0.39 is 0 Å². The van der Waals surface area contributed by atoms with E-state index in [-0.39, 0.29) is 0 Å². The molecule has 0 bridgehead atoms. The lowest BCUT2D eigenvalue weighted by atomic mass is 9.95. The maximum absolute atomic E-state index is 5.96. The van der Waals surface area contributed by atoms with Crippen LogP contribution in [0.4, 0.5) is 5.69 Å². The number of benzene rings is 1. The Bertz CT molecular complexity index is 414. The second-order valence-electron chi connectivity index (χ2n) is 4.53. The quantitative estimate of drug-likeness (QED) is 0.821.